The first kappa shape index (κ1) is 19.0. The summed E-state index contributed by atoms with van der Waals surface area (Å²) in [6.45, 7) is 9.04. The second kappa shape index (κ2) is 9.77. The van der Waals surface area contributed by atoms with E-state index in [2.05, 4.69) is 15.9 Å². The van der Waals surface area contributed by atoms with Gasteiger partial charge >= 0.3 is 0 Å². The highest BCUT2D eigenvalue weighted by molar-refractivity contribution is 5.46. The minimum absolute atomic E-state index is 0.536. The van der Waals surface area contributed by atoms with E-state index in [1.165, 1.54) is 19.4 Å². The maximum Gasteiger partial charge on any atom is 0.162 e. The predicted octanol–water partition coefficient (Wildman–Crippen LogP) is 1.99. The molecule has 3 rings (SSSR count). The minimum atomic E-state index is 0.536. The van der Waals surface area contributed by atoms with Gasteiger partial charge in [0.2, 0.25) is 0 Å². The topological polar surface area (TPSA) is 58.0 Å². The molecule has 0 aromatic heterocycles. The third kappa shape index (κ3) is 5.34. The molecule has 0 aliphatic carbocycles. The van der Waals surface area contributed by atoms with Crippen LogP contribution in [0.1, 0.15) is 18.4 Å². The molecule has 2 heterocycles. The number of hydrogen-bond acceptors (Lipinski definition) is 6. The van der Waals surface area contributed by atoms with Gasteiger partial charge < -0.3 is 19.1 Å². The van der Waals surface area contributed by atoms with E-state index in [1.54, 1.807) is 19.2 Å². The molecule has 0 bridgehead atoms. The van der Waals surface area contributed by atoms with Gasteiger partial charge in [-0.25, -0.2) is 0 Å². The summed E-state index contributed by atoms with van der Waals surface area (Å²) in [5.41, 5.74) is 0.584. The minimum Gasteiger partial charge on any atom is -0.493 e. The Bertz CT molecular complexity index is 611. The van der Waals surface area contributed by atoms with E-state index in [1.807, 2.05) is 6.07 Å². The maximum atomic E-state index is 8.99. The quantitative estimate of drug-likeness (QED) is 0.742. The summed E-state index contributed by atoms with van der Waals surface area (Å²) >= 11 is 0. The van der Waals surface area contributed by atoms with Crippen LogP contribution in [0, 0.1) is 17.2 Å². The van der Waals surface area contributed by atoms with Crippen molar-refractivity contribution in [2.45, 2.75) is 12.8 Å². The number of hydrogen-bond donors (Lipinski definition) is 0. The van der Waals surface area contributed by atoms with Gasteiger partial charge in [0.1, 0.15) is 0 Å². The SMILES string of the molecule is COc1cc(C#N)ccc1OCC1CCCN(CCN2CCOCC2)C1. The smallest absolute Gasteiger partial charge is 0.162 e. The fraction of sp³-hybridized carbons (Fsp3) is 0.650. The number of nitrogens with zero attached hydrogens (tertiary/aromatic N) is 3. The fourth-order valence-corrected chi connectivity index (χ4v) is 3.66. The molecule has 26 heavy (non-hydrogen) atoms. The molecular weight excluding hydrogens is 330 g/mol. The Hall–Kier alpha value is -1.81. The van der Waals surface area contributed by atoms with Crippen LogP contribution < -0.4 is 9.47 Å². The highest BCUT2D eigenvalue weighted by Gasteiger charge is 2.22. The van der Waals surface area contributed by atoms with Gasteiger partial charge in [0.05, 0.1) is 38.6 Å². The fourth-order valence-electron chi connectivity index (χ4n) is 3.66. The number of methoxy groups -OCH3 is 1. The number of ether oxygens (including phenoxy) is 3. The van der Waals surface area contributed by atoms with Gasteiger partial charge in [-0.15, -0.1) is 0 Å². The molecule has 2 saturated heterocycles. The van der Waals surface area contributed by atoms with Crippen LogP contribution in [0.25, 0.3) is 0 Å². The standard InChI is InChI=1S/C20H29N3O3/c1-24-20-13-17(14-21)4-5-19(20)26-16-18-3-2-6-23(15-18)8-7-22-9-11-25-12-10-22/h4-5,13,18H,2-3,6-12,15-16H2,1H3. The van der Waals surface area contributed by atoms with Crippen molar-refractivity contribution >= 4 is 0 Å². The van der Waals surface area contributed by atoms with Crippen LogP contribution in [-0.4, -0.2) is 76.0 Å². The van der Waals surface area contributed by atoms with E-state index in [-0.39, 0.29) is 0 Å². The molecule has 1 atom stereocenters. The molecule has 142 valence electrons. The number of morpholine rings is 1. The van der Waals surface area contributed by atoms with Crippen LogP contribution >= 0.6 is 0 Å². The summed E-state index contributed by atoms with van der Waals surface area (Å²) in [5, 5.41) is 8.99. The van der Waals surface area contributed by atoms with E-state index in [0.29, 0.717) is 23.8 Å². The van der Waals surface area contributed by atoms with Crippen LogP contribution in [0.3, 0.4) is 0 Å². The van der Waals surface area contributed by atoms with Gasteiger partial charge in [-0.2, -0.15) is 5.26 Å². The van der Waals surface area contributed by atoms with Gasteiger partial charge in [0.15, 0.2) is 11.5 Å². The zero-order valence-corrected chi connectivity index (χ0v) is 15.7. The first-order chi connectivity index (χ1) is 12.8. The van der Waals surface area contributed by atoms with Crippen LogP contribution in [0.15, 0.2) is 18.2 Å². The van der Waals surface area contributed by atoms with Crippen molar-refractivity contribution in [3.05, 3.63) is 23.8 Å². The lowest BCUT2D eigenvalue weighted by Gasteiger charge is -2.35. The van der Waals surface area contributed by atoms with Crippen molar-refractivity contribution in [3.8, 4) is 17.6 Å². The molecule has 6 heteroatoms. The molecule has 2 fully saturated rings. The average molecular weight is 359 g/mol. The third-order valence-electron chi connectivity index (χ3n) is 5.21. The van der Waals surface area contributed by atoms with Crippen molar-refractivity contribution < 1.29 is 14.2 Å². The second-order valence-electron chi connectivity index (χ2n) is 7.05. The van der Waals surface area contributed by atoms with E-state index >= 15 is 0 Å². The molecule has 1 aromatic rings. The van der Waals surface area contributed by atoms with E-state index in [9.17, 15) is 0 Å². The van der Waals surface area contributed by atoms with Gasteiger partial charge in [-0.05, 0) is 31.5 Å². The van der Waals surface area contributed by atoms with Gasteiger partial charge in [0, 0.05) is 44.7 Å². The largest absolute Gasteiger partial charge is 0.493 e. The van der Waals surface area contributed by atoms with E-state index in [4.69, 9.17) is 19.5 Å². The van der Waals surface area contributed by atoms with Crippen LogP contribution in [0.2, 0.25) is 0 Å². The molecule has 2 aliphatic heterocycles. The molecule has 0 radical (unpaired) electrons. The summed E-state index contributed by atoms with van der Waals surface area (Å²) < 4.78 is 16.8. The molecule has 0 N–H and O–H groups in total. The van der Waals surface area contributed by atoms with Crippen LogP contribution in [-0.2, 0) is 4.74 Å². The molecular formula is C20H29N3O3. The van der Waals surface area contributed by atoms with Gasteiger partial charge in [-0.1, -0.05) is 0 Å². The summed E-state index contributed by atoms with van der Waals surface area (Å²) in [4.78, 5) is 5.05. The third-order valence-corrected chi connectivity index (χ3v) is 5.21. The average Bonchev–Trinajstić information content (AvgIpc) is 2.71. The number of piperidine rings is 1. The Labute approximate surface area is 156 Å². The Morgan fingerprint density at radius 1 is 1.15 bits per heavy atom. The molecule has 2 aliphatic rings. The zero-order valence-electron chi connectivity index (χ0n) is 15.7. The van der Waals surface area contributed by atoms with Gasteiger partial charge in [-0.3, -0.25) is 4.90 Å². The lowest BCUT2D eigenvalue weighted by Crippen LogP contribution is -2.44. The van der Waals surface area contributed by atoms with Gasteiger partial charge in [0.25, 0.3) is 0 Å². The molecule has 1 unspecified atom stereocenters. The summed E-state index contributed by atoms with van der Waals surface area (Å²) in [6, 6.07) is 7.46. The monoisotopic (exact) mass is 359 g/mol. The Morgan fingerprint density at radius 2 is 1.96 bits per heavy atom. The van der Waals surface area contributed by atoms with Crippen molar-refractivity contribution in [3.63, 3.8) is 0 Å². The Morgan fingerprint density at radius 3 is 2.73 bits per heavy atom. The summed E-state index contributed by atoms with van der Waals surface area (Å²) in [5.74, 6) is 1.88. The second-order valence-corrected chi connectivity index (χ2v) is 7.05. The molecule has 0 spiro atoms. The van der Waals surface area contributed by atoms with Crippen LogP contribution in [0.4, 0.5) is 0 Å². The molecule has 0 amide bonds. The number of benzene rings is 1. The highest BCUT2D eigenvalue weighted by atomic mass is 16.5. The van der Waals surface area contributed by atoms with Crippen molar-refractivity contribution in [1.82, 2.24) is 9.80 Å². The van der Waals surface area contributed by atoms with Crippen molar-refractivity contribution in [2.75, 3.05) is 66.2 Å². The van der Waals surface area contributed by atoms with Crippen molar-refractivity contribution in [2.24, 2.45) is 5.92 Å². The normalized spacial score (nSPS) is 21.9. The maximum absolute atomic E-state index is 8.99. The van der Waals surface area contributed by atoms with Crippen molar-refractivity contribution in [1.29, 1.82) is 5.26 Å². The Kier molecular flexibility index (Phi) is 7.13. The predicted molar refractivity (Wildman–Crippen MR) is 99.6 cm³/mol. The molecule has 6 nitrogen and oxygen atoms in total. The Balaban J connectivity index is 1.45. The summed E-state index contributed by atoms with van der Waals surface area (Å²) in [7, 11) is 1.61. The molecule has 0 saturated carbocycles. The first-order valence-electron chi connectivity index (χ1n) is 9.52. The number of nitriles is 1. The number of rotatable bonds is 7. The highest BCUT2D eigenvalue weighted by Crippen LogP contribution is 2.29. The molecule has 1 aromatic carbocycles. The lowest BCUT2D eigenvalue weighted by atomic mass is 9.99. The van der Waals surface area contributed by atoms with E-state index < -0.39 is 0 Å². The number of likely N-dealkylation sites (tertiary alicyclic amines) is 1. The lowest BCUT2D eigenvalue weighted by molar-refractivity contribution is 0.0297. The van der Waals surface area contributed by atoms with Crippen LogP contribution in [0.5, 0.6) is 11.5 Å². The zero-order chi connectivity index (χ0) is 18.2. The first-order valence-corrected chi connectivity index (χ1v) is 9.52. The summed E-state index contributed by atoms with van der Waals surface area (Å²) in [6.07, 6.45) is 2.42. The van der Waals surface area contributed by atoms with E-state index in [0.717, 1.165) is 51.7 Å².